The van der Waals surface area contributed by atoms with E-state index in [1.54, 1.807) is 12.1 Å². The van der Waals surface area contributed by atoms with Gasteiger partial charge in [0.05, 0.1) is 12.1 Å². The van der Waals surface area contributed by atoms with Crippen molar-refractivity contribution in [2.45, 2.75) is 26.3 Å². The molecule has 1 aromatic heterocycles. The van der Waals surface area contributed by atoms with Crippen molar-refractivity contribution in [2.75, 3.05) is 11.9 Å². The Morgan fingerprint density at radius 3 is 2.67 bits per heavy atom. The van der Waals surface area contributed by atoms with Crippen molar-refractivity contribution < 1.29 is 14.7 Å². The molecular formula is C15H19N3O3. The zero-order chi connectivity index (χ0) is 15.8. The molecule has 1 aromatic rings. The number of nitrogens with zero attached hydrogens (tertiary/aromatic N) is 1. The van der Waals surface area contributed by atoms with Gasteiger partial charge < -0.3 is 15.7 Å². The maximum atomic E-state index is 11.6. The molecule has 6 heteroatoms. The fraction of sp³-hybridized carbons (Fsp3) is 0.400. The molecule has 6 nitrogen and oxygen atoms in total. The Bertz CT molecular complexity index is 534. The molecule has 0 saturated heterocycles. The highest BCUT2D eigenvalue weighted by Crippen LogP contribution is 2.14. The zero-order valence-electron chi connectivity index (χ0n) is 12.1. The number of carbonyl (C=O) groups is 2. The standard InChI is InChI=1S/C15H19N3O3/c1-4-8-16-14(19)11-6-7-12(17-9-11)18-13(15(20)21)10(3)5-2/h1,6-7,9-10,13H,5,8H2,2-3H3,(H,16,19)(H,17,18)(H,20,21)/t10-,13-/m0/s1. The van der Waals surface area contributed by atoms with Gasteiger partial charge in [0.25, 0.3) is 5.91 Å². The van der Waals surface area contributed by atoms with E-state index in [2.05, 4.69) is 21.5 Å². The summed E-state index contributed by atoms with van der Waals surface area (Å²) in [6.07, 6.45) is 7.17. The topological polar surface area (TPSA) is 91.3 Å². The molecule has 0 aliphatic heterocycles. The van der Waals surface area contributed by atoms with Crippen LogP contribution in [0.2, 0.25) is 0 Å². The first-order valence-corrected chi connectivity index (χ1v) is 6.66. The van der Waals surface area contributed by atoms with Crippen LogP contribution in [0.3, 0.4) is 0 Å². The number of hydrogen-bond donors (Lipinski definition) is 3. The van der Waals surface area contributed by atoms with E-state index < -0.39 is 12.0 Å². The zero-order valence-corrected chi connectivity index (χ0v) is 12.1. The fourth-order valence-electron chi connectivity index (χ4n) is 1.69. The Balaban J connectivity index is 2.76. The lowest BCUT2D eigenvalue weighted by molar-refractivity contribution is -0.139. The SMILES string of the molecule is C#CCNC(=O)c1ccc(N[C@H](C(=O)O)[C@@H](C)CC)nc1. The second-order valence-electron chi connectivity index (χ2n) is 4.66. The molecule has 0 bridgehead atoms. The summed E-state index contributed by atoms with van der Waals surface area (Å²) in [5.41, 5.74) is 0.367. The van der Waals surface area contributed by atoms with Crippen molar-refractivity contribution in [3.63, 3.8) is 0 Å². The average molecular weight is 289 g/mol. The minimum Gasteiger partial charge on any atom is -0.480 e. The molecule has 112 valence electrons. The first-order chi connectivity index (χ1) is 9.99. The third kappa shape index (κ3) is 4.80. The van der Waals surface area contributed by atoms with Gasteiger partial charge in [0, 0.05) is 6.20 Å². The summed E-state index contributed by atoms with van der Waals surface area (Å²) in [5, 5.41) is 14.6. The van der Waals surface area contributed by atoms with Gasteiger partial charge in [0.2, 0.25) is 0 Å². The van der Waals surface area contributed by atoms with Crippen LogP contribution in [0.5, 0.6) is 0 Å². The van der Waals surface area contributed by atoms with Crippen LogP contribution in [0.15, 0.2) is 18.3 Å². The number of anilines is 1. The van der Waals surface area contributed by atoms with Crippen LogP contribution in [0.25, 0.3) is 0 Å². The Morgan fingerprint density at radius 2 is 2.19 bits per heavy atom. The van der Waals surface area contributed by atoms with Gasteiger partial charge >= 0.3 is 5.97 Å². The molecule has 0 aliphatic carbocycles. The molecule has 0 saturated carbocycles. The maximum Gasteiger partial charge on any atom is 0.326 e. The summed E-state index contributed by atoms with van der Waals surface area (Å²) in [7, 11) is 0. The minimum atomic E-state index is -0.929. The van der Waals surface area contributed by atoms with Crippen LogP contribution in [0, 0.1) is 18.3 Å². The lowest BCUT2D eigenvalue weighted by Gasteiger charge is -2.20. The van der Waals surface area contributed by atoms with Gasteiger partial charge in [-0.15, -0.1) is 6.42 Å². The molecule has 1 rings (SSSR count). The third-order valence-electron chi connectivity index (χ3n) is 3.16. The van der Waals surface area contributed by atoms with E-state index in [-0.39, 0.29) is 18.4 Å². The van der Waals surface area contributed by atoms with Crippen molar-refractivity contribution in [3.8, 4) is 12.3 Å². The van der Waals surface area contributed by atoms with Crippen LogP contribution in [0.4, 0.5) is 5.82 Å². The van der Waals surface area contributed by atoms with Crippen molar-refractivity contribution in [3.05, 3.63) is 23.9 Å². The van der Waals surface area contributed by atoms with Crippen molar-refractivity contribution >= 4 is 17.7 Å². The molecule has 1 heterocycles. The summed E-state index contributed by atoms with van der Waals surface area (Å²) < 4.78 is 0. The van der Waals surface area contributed by atoms with Crippen LogP contribution < -0.4 is 10.6 Å². The monoisotopic (exact) mass is 289 g/mol. The first kappa shape index (κ1) is 16.5. The Kier molecular flexibility index (Phi) is 6.21. The second-order valence-corrected chi connectivity index (χ2v) is 4.66. The quantitative estimate of drug-likeness (QED) is 0.659. The van der Waals surface area contributed by atoms with E-state index in [9.17, 15) is 14.7 Å². The van der Waals surface area contributed by atoms with Crippen molar-refractivity contribution in [1.29, 1.82) is 0 Å². The van der Waals surface area contributed by atoms with Crippen LogP contribution in [0.1, 0.15) is 30.6 Å². The number of amides is 1. The normalized spacial score (nSPS) is 12.8. The number of nitrogens with one attached hydrogen (secondary N) is 2. The molecule has 0 spiro atoms. The minimum absolute atomic E-state index is 0.0390. The van der Waals surface area contributed by atoms with E-state index in [1.807, 2.05) is 13.8 Å². The summed E-state index contributed by atoms with van der Waals surface area (Å²) in [6.45, 7) is 3.93. The van der Waals surface area contributed by atoms with E-state index in [4.69, 9.17) is 6.42 Å². The number of pyridine rings is 1. The van der Waals surface area contributed by atoms with Gasteiger partial charge in [0.1, 0.15) is 11.9 Å². The number of hydrogen-bond acceptors (Lipinski definition) is 4. The molecule has 0 radical (unpaired) electrons. The molecule has 3 N–H and O–H groups in total. The van der Waals surface area contributed by atoms with E-state index in [0.717, 1.165) is 6.42 Å². The van der Waals surface area contributed by atoms with Crippen molar-refractivity contribution in [1.82, 2.24) is 10.3 Å². The lowest BCUT2D eigenvalue weighted by Crippen LogP contribution is -2.35. The predicted molar refractivity (Wildman–Crippen MR) is 79.9 cm³/mol. The molecule has 0 fully saturated rings. The molecule has 0 aliphatic rings. The number of aromatic nitrogens is 1. The summed E-state index contributed by atoms with van der Waals surface area (Å²) in [5.74, 6) is 1.44. The fourth-order valence-corrected chi connectivity index (χ4v) is 1.69. The lowest BCUT2D eigenvalue weighted by atomic mass is 9.99. The van der Waals surface area contributed by atoms with Gasteiger partial charge in [-0.3, -0.25) is 4.79 Å². The molecular weight excluding hydrogens is 270 g/mol. The summed E-state index contributed by atoms with van der Waals surface area (Å²) >= 11 is 0. The van der Waals surface area contributed by atoms with Crippen LogP contribution in [-0.2, 0) is 4.79 Å². The van der Waals surface area contributed by atoms with Gasteiger partial charge in [-0.1, -0.05) is 26.2 Å². The van der Waals surface area contributed by atoms with Crippen LogP contribution in [-0.4, -0.2) is 34.6 Å². The van der Waals surface area contributed by atoms with Gasteiger partial charge in [0.15, 0.2) is 0 Å². The Hall–Kier alpha value is -2.55. The largest absolute Gasteiger partial charge is 0.480 e. The third-order valence-corrected chi connectivity index (χ3v) is 3.16. The molecule has 2 atom stereocenters. The maximum absolute atomic E-state index is 11.6. The number of terminal acetylenes is 1. The second kappa shape index (κ2) is 7.90. The number of carboxylic acid groups (broad SMARTS) is 1. The summed E-state index contributed by atoms with van der Waals surface area (Å²) in [6, 6.07) is 2.42. The first-order valence-electron chi connectivity index (χ1n) is 6.66. The molecule has 21 heavy (non-hydrogen) atoms. The van der Waals surface area contributed by atoms with E-state index in [1.165, 1.54) is 6.20 Å². The highest BCUT2D eigenvalue weighted by Gasteiger charge is 2.23. The average Bonchev–Trinajstić information content (AvgIpc) is 2.49. The summed E-state index contributed by atoms with van der Waals surface area (Å²) in [4.78, 5) is 26.9. The van der Waals surface area contributed by atoms with Gasteiger partial charge in [-0.05, 0) is 18.1 Å². The molecule has 0 unspecified atom stereocenters. The van der Waals surface area contributed by atoms with Crippen molar-refractivity contribution in [2.24, 2.45) is 5.92 Å². The smallest absolute Gasteiger partial charge is 0.326 e. The predicted octanol–water partition coefficient (Wildman–Crippen LogP) is 1.36. The molecule has 0 aromatic carbocycles. The Morgan fingerprint density at radius 1 is 1.48 bits per heavy atom. The van der Waals surface area contributed by atoms with Gasteiger partial charge in [-0.25, -0.2) is 9.78 Å². The van der Waals surface area contributed by atoms with E-state index in [0.29, 0.717) is 11.4 Å². The number of carbonyl (C=O) groups excluding carboxylic acids is 1. The van der Waals surface area contributed by atoms with Crippen LogP contribution >= 0.6 is 0 Å². The number of rotatable bonds is 7. The molecule has 1 amide bonds. The number of carboxylic acids is 1. The Labute approximate surface area is 124 Å². The number of aliphatic carboxylic acids is 1. The van der Waals surface area contributed by atoms with E-state index >= 15 is 0 Å². The highest BCUT2D eigenvalue weighted by molar-refractivity contribution is 5.94. The van der Waals surface area contributed by atoms with Gasteiger partial charge in [-0.2, -0.15) is 0 Å². The highest BCUT2D eigenvalue weighted by atomic mass is 16.4.